The van der Waals surface area contributed by atoms with Crippen molar-refractivity contribution >= 4 is 37.0 Å². The normalized spacial score (nSPS) is 17.6. The highest BCUT2D eigenvalue weighted by atomic mass is 31.2. The highest BCUT2D eigenvalue weighted by Crippen LogP contribution is 2.62. The fraction of sp³-hybridized carbons (Fsp3) is 0.115. The molecule has 0 spiro atoms. The highest BCUT2D eigenvalue weighted by molar-refractivity contribution is 7.72. The summed E-state index contributed by atoms with van der Waals surface area (Å²) >= 11 is 0. The van der Waals surface area contributed by atoms with Gasteiger partial charge in [0.05, 0.1) is 23.3 Å². The van der Waals surface area contributed by atoms with Crippen molar-refractivity contribution in [2.75, 3.05) is 5.09 Å². The minimum Gasteiger partial charge on any atom is -0.507 e. The molecule has 60 heavy (non-hydrogen) atoms. The zero-order chi connectivity index (χ0) is 42.0. The summed E-state index contributed by atoms with van der Waals surface area (Å²) in [6.07, 6.45) is 16.9. The summed E-state index contributed by atoms with van der Waals surface area (Å²) in [6, 6.07) is 37.0. The van der Waals surface area contributed by atoms with Crippen molar-refractivity contribution in [2.24, 2.45) is 0 Å². The predicted octanol–water partition coefficient (Wildman–Crippen LogP) is 12.2. The second-order valence-corrected chi connectivity index (χ2v) is 20.0. The molecule has 3 N–H and O–H groups in total. The number of allylic oxidation sites excluding steroid dienone is 6. The van der Waals surface area contributed by atoms with E-state index in [0.717, 1.165) is 44.5 Å². The average Bonchev–Trinajstić information content (AvgIpc) is 3.25. The molecule has 0 amide bonds. The SMILES string of the molecule is C#C/C=C\c1c(C)c(O)c(CP2(=O)Oc3c(Cc4ccccc4)cccc3-c3ccccc32)c(CP2(=O)Nc3c(CC(=C)/C=C\C=C/C)cccc3-c3ccccc32)c1O. The van der Waals surface area contributed by atoms with E-state index in [1.807, 2.05) is 140 Å². The van der Waals surface area contributed by atoms with Crippen molar-refractivity contribution in [3.05, 3.63) is 197 Å². The summed E-state index contributed by atoms with van der Waals surface area (Å²) in [4.78, 5) is 0. The predicted molar refractivity (Wildman–Crippen MR) is 248 cm³/mol. The molecule has 2 aliphatic heterocycles. The number of phenolic OH excluding ortho intramolecular Hbond substituents is 2. The first-order valence-corrected chi connectivity index (χ1v) is 23.5. The number of hydrogen-bond donors (Lipinski definition) is 3. The van der Waals surface area contributed by atoms with Crippen LogP contribution in [0.15, 0.2) is 158 Å². The number of hydrogen-bond acceptors (Lipinski definition) is 5. The molecule has 6 nitrogen and oxygen atoms in total. The Labute approximate surface area is 352 Å². The Morgan fingerprint density at radius 3 is 2.13 bits per heavy atom. The molecule has 0 aromatic heterocycles. The molecule has 2 aliphatic rings. The van der Waals surface area contributed by atoms with E-state index >= 15 is 9.13 Å². The lowest BCUT2D eigenvalue weighted by atomic mass is 9.96. The molecular weight excluding hydrogens is 781 g/mol. The lowest BCUT2D eigenvalue weighted by Crippen LogP contribution is -2.23. The molecule has 2 heterocycles. The first kappa shape index (κ1) is 40.3. The molecule has 298 valence electrons. The van der Waals surface area contributed by atoms with Gasteiger partial charge in [0.2, 0.25) is 7.29 Å². The molecule has 0 saturated heterocycles. The van der Waals surface area contributed by atoms with Crippen LogP contribution < -0.4 is 20.2 Å². The van der Waals surface area contributed by atoms with Crippen LogP contribution in [0.5, 0.6) is 17.2 Å². The maximum absolute atomic E-state index is 15.9. The third kappa shape index (κ3) is 7.48. The Morgan fingerprint density at radius 1 is 0.767 bits per heavy atom. The van der Waals surface area contributed by atoms with Crippen molar-refractivity contribution in [2.45, 2.75) is 39.0 Å². The summed E-state index contributed by atoms with van der Waals surface area (Å²) in [5.74, 6) is 2.60. The third-order valence-corrected chi connectivity index (χ3v) is 16.1. The highest BCUT2D eigenvalue weighted by Gasteiger charge is 2.42. The third-order valence-electron chi connectivity index (χ3n) is 11.3. The number of aromatic hydroxyl groups is 2. The number of terminal acetylenes is 1. The Hall–Kier alpha value is -6.50. The smallest absolute Gasteiger partial charge is 0.282 e. The number of phenols is 2. The van der Waals surface area contributed by atoms with E-state index in [0.29, 0.717) is 40.5 Å². The van der Waals surface area contributed by atoms with E-state index < -0.39 is 14.7 Å². The Bertz CT molecular complexity index is 2920. The van der Waals surface area contributed by atoms with Crippen molar-refractivity contribution in [3.63, 3.8) is 0 Å². The van der Waals surface area contributed by atoms with E-state index in [1.54, 1.807) is 19.1 Å². The molecule has 0 radical (unpaired) electrons. The summed E-state index contributed by atoms with van der Waals surface area (Å²) in [5, 5.41) is 29.1. The van der Waals surface area contributed by atoms with Gasteiger partial charge in [-0.3, -0.25) is 9.13 Å². The monoisotopic (exact) mass is 825 g/mol. The van der Waals surface area contributed by atoms with Gasteiger partial charge in [0.25, 0.3) is 7.37 Å². The molecule has 0 bridgehead atoms. The summed E-state index contributed by atoms with van der Waals surface area (Å²) in [5.41, 5.74) is 8.75. The van der Waals surface area contributed by atoms with Gasteiger partial charge in [-0.15, -0.1) is 6.42 Å². The van der Waals surface area contributed by atoms with Crippen molar-refractivity contribution < 1.29 is 23.9 Å². The Kier molecular flexibility index (Phi) is 11.2. The quantitative estimate of drug-likeness (QED) is 0.0521. The van der Waals surface area contributed by atoms with E-state index in [4.69, 9.17) is 10.9 Å². The van der Waals surface area contributed by atoms with Crippen molar-refractivity contribution in [1.29, 1.82) is 0 Å². The van der Waals surface area contributed by atoms with Crippen LogP contribution in [-0.2, 0) is 34.3 Å². The molecule has 6 aromatic carbocycles. The van der Waals surface area contributed by atoms with Gasteiger partial charge >= 0.3 is 0 Å². The molecule has 0 fully saturated rings. The van der Waals surface area contributed by atoms with Gasteiger partial charge in [-0.05, 0) is 72.4 Å². The number of anilines is 1. The number of nitrogens with one attached hydrogen (secondary N) is 1. The van der Waals surface area contributed by atoms with Crippen molar-refractivity contribution in [3.8, 4) is 51.8 Å². The summed E-state index contributed by atoms with van der Waals surface area (Å²) < 4.78 is 38.5. The van der Waals surface area contributed by atoms with E-state index in [9.17, 15) is 10.2 Å². The molecule has 0 saturated carbocycles. The summed E-state index contributed by atoms with van der Waals surface area (Å²) in [6.45, 7) is 7.90. The maximum Gasteiger partial charge on any atom is 0.282 e. The minimum atomic E-state index is -3.90. The molecule has 2 atom stereocenters. The Balaban J connectivity index is 1.27. The van der Waals surface area contributed by atoms with Gasteiger partial charge in [0, 0.05) is 45.1 Å². The van der Waals surface area contributed by atoms with Crippen LogP contribution in [0.1, 0.15) is 45.9 Å². The van der Waals surface area contributed by atoms with Crippen LogP contribution in [0.4, 0.5) is 5.69 Å². The zero-order valence-electron chi connectivity index (χ0n) is 33.6. The van der Waals surface area contributed by atoms with Gasteiger partial charge < -0.3 is 19.8 Å². The van der Waals surface area contributed by atoms with Crippen LogP contribution in [0.2, 0.25) is 0 Å². The summed E-state index contributed by atoms with van der Waals surface area (Å²) in [7, 11) is -7.61. The van der Waals surface area contributed by atoms with Crippen LogP contribution in [-0.4, -0.2) is 10.2 Å². The largest absolute Gasteiger partial charge is 0.507 e. The van der Waals surface area contributed by atoms with E-state index in [2.05, 4.69) is 17.6 Å². The van der Waals surface area contributed by atoms with Crippen LogP contribution >= 0.6 is 14.7 Å². The molecule has 8 rings (SSSR count). The van der Waals surface area contributed by atoms with Crippen LogP contribution in [0, 0.1) is 19.3 Å². The first-order chi connectivity index (χ1) is 29.0. The van der Waals surface area contributed by atoms with E-state index in [-0.39, 0.29) is 40.5 Å². The van der Waals surface area contributed by atoms with Crippen molar-refractivity contribution in [1.82, 2.24) is 0 Å². The standard InChI is InChI=1S/C52H45NO5P2/c1-5-7-10-19-35(3)31-38-22-17-27-43-41-25-13-15-29-47(41)59(56,53-49(38)43)33-45-46(50(54)36(4)40(51(45)55)24-8-6-2)34-60(57)48-30-16-14-26-42(48)44-28-18-23-39(52(44)58-60)32-37-20-11-9-12-21-37/h2,5,7-30,54-55H,3,31-34H2,1,4H3,(H,53,56)/b7-5-,19-10-,24-8-. The number of fused-ring (bicyclic) bond motifs is 6. The van der Waals surface area contributed by atoms with Gasteiger partial charge in [0.15, 0.2) is 0 Å². The lowest BCUT2D eigenvalue weighted by molar-refractivity contribution is 0.444. The molecule has 0 aliphatic carbocycles. The Morgan fingerprint density at radius 2 is 1.40 bits per heavy atom. The first-order valence-electron chi connectivity index (χ1n) is 19.8. The van der Waals surface area contributed by atoms with Crippen LogP contribution in [0.25, 0.3) is 28.3 Å². The fourth-order valence-electron chi connectivity index (χ4n) is 8.35. The number of para-hydroxylation sites is 2. The molecular formula is C52H45NO5P2. The maximum atomic E-state index is 15.9. The second-order valence-electron chi connectivity index (χ2n) is 15.2. The molecule has 8 heteroatoms. The second kappa shape index (κ2) is 16.6. The van der Waals surface area contributed by atoms with Gasteiger partial charge in [-0.25, -0.2) is 0 Å². The minimum absolute atomic E-state index is 0.179. The van der Waals surface area contributed by atoms with E-state index in [1.165, 1.54) is 6.08 Å². The lowest BCUT2D eigenvalue weighted by Gasteiger charge is -2.34. The van der Waals surface area contributed by atoms with Crippen LogP contribution in [0.3, 0.4) is 0 Å². The zero-order valence-corrected chi connectivity index (χ0v) is 35.3. The van der Waals surface area contributed by atoms with Gasteiger partial charge in [-0.2, -0.15) is 0 Å². The molecule has 2 unspecified atom stereocenters. The van der Waals surface area contributed by atoms with Gasteiger partial charge in [0.1, 0.15) is 17.2 Å². The molecule has 6 aromatic rings. The van der Waals surface area contributed by atoms with Gasteiger partial charge in [-0.1, -0.05) is 146 Å². The fourth-order valence-corrected chi connectivity index (χ4v) is 13.5. The topological polar surface area (TPSA) is 95.9 Å². The average molecular weight is 826 g/mol. The number of benzene rings is 6. The number of rotatable bonds is 11.